The number of hydrogen-bond acceptors (Lipinski definition) is 6. The van der Waals surface area contributed by atoms with Crippen LogP contribution in [0.1, 0.15) is 43.5 Å². The number of nitrogens with one attached hydrogen (secondary N) is 1. The van der Waals surface area contributed by atoms with E-state index in [4.69, 9.17) is 9.47 Å². The van der Waals surface area contributed by atoms with Gasteiger partial charge in [0.2, 0.25) is 0 Å². The summed E-state index contributed by atoms with van der Waals surface area (Å²) in [6.45, 7) is 6.83. The molecule has 0 aliphatic carbocycles. The van der Waals surface area contributed by atoms with Gasteiger partial charge in [0.15, 0.2) is 0 Å². The highest BCUT2D eigenvalue weighted by molar-refractivity contribution is 6.06. The van der Waals surface area contributed by atoms with E-state index in [1.54, 1.807) is 13.1 Å². The monoisotopic (exact) mass is 419 g/mol. The summed E-state index contributed by atoms with van der Waals surface area (Å²) in [6.07, 6.45) is 5.37. The van der Waals surface area contributed by atoms with Gasteiger partial charge < -0.3 is 19.7 Å². The number of pyridine rings is 1. The molecule has 2 aromatic carbocycles. The third-order valence-corrected chi connectivity index (χ3v) is 5.50. The molecule has 0 unspecified atom stereocenters. The molecule has 1 N–H and O–H groups in total. The van der Waals surface area contributed by atoms with Crippen LogP contribution in [0.25, 0.3) is 10.9 Å². The van der Waals surface area contributed by atoms with Gasteiger partial charge in [-0.25, -0.2) is 4.79 Å². The van der Waals surface area contributed by atoms with Crippen LogP contribution in [-0.4, -0.2) is 37.3 Å². The largest absolute Gasteiger partial charge is 0.494 e. The molecule has 0 amide bonds. The van der Waals surface area contributed by atoms with Crippen LogP contribution in [0.15, 0.2) is 48.7 Å². The van der Waals surface area contributed by atoms with E-state index in [-0.39, 0.29) is 0 Å². The number of esters is 1. The van der Waals surface area contributed by atoms with Crippen molar-refractivity contribution in [1.82, 2.24) is 4.98 Å². The maximum atomic E-state index is 12.6. The number of ether oxygens (including phenoxy) is 2. The SMILES string of the molecule is CCOC(=O)c1cnc2ccc(OCC)cc2c1Nc1ccc(N2CCCCC2)cc1. The average Bonchev–Trinajstić information content (AvgIpc) is 2.81. The second-order valence-electron chi connectivity index (χ2n) is 7.60. The fraction of sp³-hybridized carbons (Fsp3) is 0.360. The van der Waals surface area contributed by atoms with Crippen molar-refractivity contribution in [2.45, 2.75) is 33.1 Å². The Balaban J connectivity index is 1.70. The summed E-state index contributed by atoms with van der Waals surface area (Å²) in [7, 11) is 0. The van der Waals surface area contributed by atoms with E-state index in [0.29, 0.717) is 24.5 Å². The molecule has 0 radical (unpaired) electrons. The standard InChI is InChI=1S/C25H29N3O3/c1-3-30-20-12-13-23-21(16-20)24(22(17-26-23)25(29)31-4-2)27-18-8-10-19(11-9-18)28-14-6-5-7-15-28/h8-13,16-17H,3-7,14-15H2,1-2H3,(H,26,27). The third-order valence-electron chi connectivity index (χ3n) is 5.50. The fourth-order valence-corrected chi connectivity index (χ4v) is 3.98. The van der Waals surface area contributed by atoms with E-state index in [1.807, 2.05) is 25.1 Å². The number of anilines is 3. The number of benzene rings is 2. The van der Waals surface area contributed by atoms with Gasteiger partial charge in [-0.05, 0) is 75.6 Å². The Morgan fingerprint density at radius 1 is 1.03 bits per heavy atom. The number of rotatable bonds is 7. The lowest BCUT2D eigenvalue weighted by atomic mass is 10.1. The molecule has 0 atom stereocenters. The minimum absolute atomic E-state index is 0.305. The Morgan fingerprint density at radius 3 is 2.52 bits per heavy atom. The number of piperidine rings is 1. The minimum Gasteiger partial charge on any atom is -0.494 e. The van der Waals surface area contributed by atoms with Crippen LogP contribution in [0.4, 0.5) is 17.1 Å². The van der Waals surface area contributed by atoms with E-state index in [2.05, 4.69) is 39.5 Å². The van der Waals surface area contributed by atoms with Gasteiger partial charge in [0.1, 0.15) is 11.3 Å². The number of nitrogens with zero attached hydrogens (tertiary/aromatic N) is 2. The number of carbonyl (C=O) groups excluding carboxylic acids is 1. The Kier molecular flexibility index (Phi) is 6.55. The maximum Gasteiger partial charge on any atom is 0.341 e. The van der Waals surface area contributed by atoms with E-state index in [0.717, 1.165) is 35.4 Å². The first-order chi connectivity index (χ1) is 15.2. The zero-order chi connectivity index (χ0) is 21.6. The van der Waals surface area contributed by atoms with Crippen molar-refractivity contribution in [2.75, 3.05) is 36.5 Å². The Bertz CT molecular complexity index is 1040. The van der Waals surface area contributed by atoms with Gasteiger partial charge in [0, 0.05) is 36.0 Å². The van der Waals surface area contributed by atoms with Crippen LogP contribution in [-0.2, 0) is 4.74 Å². The summed E-state index contributed by atoms with van der Waals surface area (Å²) < 4.78 is 10.9. The van der Waals surface area contributed by atoms with Gasteiger partial charge in [0.05, 0.1) is 24.4 Å². The van der Waals surface area contributed by atoms with Crippen LogP contribution in [0.2, 0.25) is 0 Å². The molecule has 3 aromatic rings. The summed E-state index contributed by atoms with van der Waals surface area (Å²) in [6, 6.07) is 14.1. The normalized spacial score (nSPS) is 13.8. The molecule has 6 nitrogen and oxygen atoms in total. The van der Waals surface area contributed by atoms with Gasteiger partial charge in [0.25, 0.3) is 0 Å². The maximum absolute atomic E-state index is 12.6. The van der Waals surface area contributed by atoms with Crippen molar-refractivity contribution < 1.29 is 14.3 Å². The molecular formula is C25H29N3O3. The Labute approximate surface area is 183 Å². The van der Waals surface area contributed by atoms with Crippen molar-refractivity contribution in [3.8, 4) is 5.75 Å². The molecule has 4 rings (SSSR count). The highest BCUT2D eigenvalue weighted by Gasteiger charge is 2.18. The second-order valence-corrected chi connectivity index (χ2v) is 7.60. The van der Waals surface area contributed by atoms with E-state index in [9.17, 15) is 4.79 Å². The zero-order valence-electron chi connectivity index (χ0n) is 18.2. The molecule has 0 spiro atoms. The topological polar surface area (TPSA) is 63.7 Å². The molecule has 1 aliphatic heterocycles. The van der Waals surface area contributed by atoms with E-state index in [1.165, 1.54) is 24.9 Å². The molecule has 1 saturated heterocycles. The fourth-order valence-electron chi connectivity index (χ4n) is 3.98. The first kappa shape index (κ1) is 21.0. The highest BCUT2D eigenvalue weighted by atomic mass is 16.5. The van der Waals surface area contributed by atoms with Crippen LogP contribution in [0.3, 0.4) is 0 Å². The number of hydrogen-bond donors (Lipinski definition) is 1. The Hall–Kier alpha value is -3.28. The molecule has 31 heavy (non-hydrogen) atoms. The quantitative estimate of drug-likeness (QED) is 0.507. The summed E-state index contributed by atoms with van der Waals surface area (Å²) >= 11 is 0. The Morgan fingerprint density at radius 2 is 1.81 bits per heavy atom. The number of fused-ring (bicyclic) bond motifs is 1. The molecule has 1 aromatic heterocycles. The zero-order valence-corrected chi connectivity index (χ0v) is 18.2. The molecule has 1 aliphatic rings. The summed E-state index contributed by atoms with van der Waals surface area (Å²) in [5.41, 5.74) is 4.00. The summed E-state index contributed by atoms with van der Waals surface area (Å²) in [5.74, 6) is 0.340. The van der Waals surface area contributed by atoms with Crippen LogP contribution >= 0.6 is 0 Å². The average molecular weight is 420 g/mol. The minimum atomic E-state index is -0.397. The molecule has 0 bridgehead atoms. The predicted molar refractivity (Wildman–Crippen MR) is 125 cm³/mol. The van der Waals surface area contributed by atoms with E-state index >= 15 is 0 Å². The van der Waals surface area contributed by atoms with Gasteiger partial charge in [-0.1, -0.05) is 0 Å². The molecule has 6 heteroatoms. The van der Waals surface area contributed by atoms with Crippen molar-refractivity contribution in [3.05, 3.63) is 54.2 Å². The van der Waals surface area contributed by atoms with Crippen molar-refractivity contribution >= 4 is 33.9 Å². The lowest BCUT2D eigenvalue weighted by molar-refractivity contribution is 0.0527. The predicted octanol–water partition coefficient (Wildman–Crippen LogP) is 5.54. The molecule has 0 saturated carbocycles. The van der Waals surface area contributed by atoms with Gasteiger partial charge in [-0.2, -0.15) is 0 Å². The third kappa shape index (κ3) is 4.74. The molecular weight excluding hydrogens is 390 g/mol. The number of aromatic nitrogens is 1. The van der Waals surface area contributed by atoms with Crippen molar-refractivity contribution in [1.29, 1.82) is 0 Å². The van der Waals surface area contributed by atoms with Crippen LogP contribution in [0.5, 0.6) is 5.75 Å². The molecule has 1 fully saturated rings. The first-order valence-electron chi connectivity index (χ1n) is 11.0. The summed E-state index contributed by atoms with van der Waals surface area (Å²) in [5, 5.41) is 4.26. The second kappa shape index (κ2) is 9.69. The highest BCUT2D eigenvalue weighted by Crippen LogP contribution is 2.33. The van der Waals surface area contributed by atoms with Crippen molar-refractivity contribution in [2.24, 2.45) is 0 Å². The van der Waals surface area contributed by atoms with E-state index < -0.39 is 5.97 Å². The number of carbonyl (C=O) groups is 1. The molecule has 162 valence electrons. The van der Waals surface area contributed by atoms with Crippen LogP contribution in [0, 0.1) is 0 Å². The lowest BCUT2D eigenvalue weighted by Gasteiger charge is -2.29. The van der Waals surface area contributed by atoms with Gasteiger partial charge in [-0.3, -0.25) is 4.98 Å². The van der Waals surface area contributed by atoms with Crippen molar-refractivity contribution in [3.63, 3.8) is 0 Å². The van der Waals surface area contributed by atoms with Gasteiger partial charge >= 0.3 is 5.97 Å². The first-order valence-corrected chi connectivity index (χ1v) is 11.0. The lowest BCUT2D eigenvalue weighted by Crippen LogP contribution is -2.29. The smallest absolute Gasteiger partial charge is 0.341 e. The van der Waals surface area contributed by atoms with Gasteiger partial charge in [-0.15, -0.1) is 0 Å². The summed E-state index contributed by atoms with van der Waals surface area (Å²) in [4.78, 5) is 19.5. The van der Waals surface area contributed by atoms with Crippen LogP contribution < -0.4 is 15.0 Å². The molecule has 2 heterocycles.